The number of pyridine rings is 2. The Labute approximate surface area is 199 Å². The number of amides is 2. The molecule has 4 aromatic heterocycles. The second-order valence-corrected chi connectivity index (χ2v) is 7.60. The summed E-state index contributed by atoms with van der Waals surface area (Å²) in [5.74, 6) is -0.0318. The zero-order chi connectivity index (χ0) is 24.2. The van der Waals surface area contributed by atoms with Crippen molar-refractivity contribution in [3.05, 3.63) is 65.6 Å². The molecule has 0 aliphatic rings. The fourth-order valence-corrected chi connectivity index (χ4v) is 3.37. The minimum atomic E-state index is -0.723. The number of imidazole rings is 1. The molecule has 0 aliphatic heterocycles. The van der Waals surface area contributed by atoms with E-state index in [-0.39, 0.29) is 16.9 Å². The van der Waals surface area contributed by atoms with Gasteiger partial charge in [-0.25, -0.2) is 19.4 Å². The Bertz CT molecular complexity index is 1330. The molecule has 4 rings (SSSR count). The van der Waals surface area contributed by atoms with E-state index < -0.39 is 12.2 Å². The molecule has 0 saturated carbocycles. The first-order chi connectivity index (χ1) is 16.3. The van der Waals surface area contributed by atoms with Crippen LogP contribution in [-0.2, 0) is 18.8 Å². The molecule has 34 heavy (non-hydrogen) atoms. The van der Waals surface area contributed by atoms with Gasteiger partial charge in [0.2, 0.25) is 0 Å². The highest BCUT2D eigenvalue weighted by atomic mass is 35.5. The standard InChI is InChI=1S/C21H20ClN9O3/c1-12(14-5-4-8-24-18(14)22)34-21(33)27-19-17(28-29-31(19)3)15-7-6-13(9-25-15)26-20(32)16-10-23-11-30(16)2/h4-12H,1-3H3,(H,26,32)(H,27,33)/t12-/m1/s1. The number of rotatable bonds is 6. The number of carbonyl (C=O) groups excluding carboxylic acids is 2. The van der Waals surface area contributed by atoms with Gasteiger partial charge in [-0.2, -0.15) is 0 Å². The summed E-state index contributed by atoms with van der Waals surface area (Å²) >= 11 is 6.07. The summed E-state index contributed by atoms with van der Waals surface area (Å²) in [5, 5.41) is 13.7. The van der Waals surface area contributed by atoms with Gasteiger partial charge in [-0.05, 0) is 25.1 Å². The smallest absolute Gasteiger partial charge is 0.413 e. The van der Waals surface area contributed by atoms with E-state index in [2.05, 4.69) is 35.9 Å². The van der Waals surface area contributed by atoms with E-state index in [1.807, 2.05) is 0 Å². The van der Waals surface area contributed by atoms with E-state index in [1.165, 1.54) is 23.4 Å². The SMILES string of the molecule is C[C@@H](OC(=O)Nc1c(-c2ccc(NC(=O)c3cncn3C)cn2)nnn1C)c1cccnc1Cl. The summed E-state index contributed by atoms with van der Waals surface area (Å²) < 4.78 is 8.42. The molecule has 2 N–H and O–H groups in total. The van der Waals surface area contributed by atoms with Crippen LogP contribution in [-0.4, -0.2) is 46.5 Å². The third-order valence-electron chi connectivity index (χ3n) is 4.87. The average Bonchev–Trinajstić information content (AvgIpc) is 3.40. The molecule has 0 aromatic carbocycles. The maximum atomic E-state index is 12.5. The van der Waals surface area contributed by atoms with Crippen LogP contribution in [0.25, 0.3) is 11.4 Å². The second-order valence-electron chi connectivity index (χ2n) is 7.24. The van der Waals surface area contributed by atoms with Crippen LogP contribution < -0.4 is 10.6 Å². The number of hydrogen-bond acceptors (Lipinski definition) is 8. The van der Waals surface area contributed by atoms with Crippen molar-refractivity contribution < 1.29 is 14.3 Å². The fraction of sp³-hybridized carbons (Fsp3) is 0.190. The van der Waals surface area contributed by atoms with Crippen molar-refractivity contribution in [2.75, 3.05) is 10.6 Å². The van der Waals surface area contributed by atoms with Crippen LogP contribution in [0.4, 0.5) is 16.3 Å². The van der Waals surface area contributed by atoms with Crippen molar-refractivity contribution in [2.24, 2.45) is 14.1 Å². The van der Waals surface area contributed by atoms with Gasteiger partial charge in [-0.3, -0.25) is 15.1 Å². The van der Waals surface area contributed by atoms with E-state index in [4.69, 9.17) is 16.3 Å². The third kappa shape index (κ3) is 4.86. The Balaban J connectivity index is 1.46. The molecule has 4 heterocycles. The number of aryl methyl sites for hydroxylation is 2. The van der Waals surface area contributed by atoms with Crippen LogP contribution in [0, 0.1) is 0 Å². The number of ether oxygens (including phenoxy) is 1. The van der Waals surface area contributed by atoms with Crippen molar-refractivity contribution in [1.29, 1.82) is 0 Å². The molecule has 12 nitrogen and oxygen atoms in total. The maximum absolute atomic E-state index is 12.5. The van der Waals surface area contributed by atoms with Crippen molar-refractivity contribution in [2.45, 2.75) is 13.0 Å². The fourth-order valence-electron chi connectivity index (χ4n) is 3.10. The van der Waals surface area contributed by atoms with Gasteiger partial charge in [0.1, 0.15) is 17.0 Å². The first-order valence-corrected chi connectivity index (χ1v) is 10.4. The highest BCUT2D eigenvalue weighted by molar-refractivity contribution is 6.30. The van der Waals surface area contributed by atoms with Gasteiger partial charge in [-0.1, -0.05) is 22.9 Å². The average molecular weight is 482 g/mol. The molecule has 1 atom stereocenters. The van der Waals surface area contributed by atoms with Gasteiger partial charge in [0.05, 0.1) is 30.1 Å². The first-order valence-electron chi connectivity index (χ1n) is 10.0. The van der Waals surface area contributed by atoms with E-state index in [0.717, 1.165) is 0 Å². The Kier molecular flexibility index (Phi) is 6.50. The van der Waals surface area contributed by atoms with Crippen LogP contribution in [0.5, 0.6) is 0 Å². The quantitative estimate of drug-likeness (QED) is 0.400. The Morgan fingerprint density at radius 1 is 1.12 bits per heavy atom. The molecule has 4 aromatic rings. The van der Waals surface area contributed by atoms with Crippen LogP contribution in [0.2, 0.25) is 5.15 Å². The van der Waals surface area contributed by atoms with Crippen LogP contribution in [0.3, 0.4) is 0 Å². The lowest BCUT2D eigenvalue weighted by atomic mass is 10.2. The van der Waals surface area contributed by atoms with Crippen molar-refractivity contribution in [1.82, 2.24) is 34.5 Å². The molecular weight excluding hydrogens is 462 g/mol. The molecule has 0 bridgehead atoms. The normalized spacial score (nSPS) is 11.6. The number of nitrogens with one attached hydrogen (secondary N) is 2. The number of hydrogen-bond donors (Lipinski definition) is 2. The molecule has 0 radical (unpaired) electrons. The van der Waals surface area contributed by atoms with Gasteiger partial charge >= 0.3 is 6.09 Å². The molecule has 0 fully saturated rings. The third-order valence-corrected chi connectivity index (χ3v) is 5.19. The van der Waals surface area contributed by atoms with Crippen LogP contribution in [0.1, 0.15) is 29.1 Å². The number of aromatic nitrogens is 7. The highest BCUT2D eigenvalue weighted by Crippen LogP contribution is 2.26. The number of carbonyl (C=O) groups is 2. The highest BCUT2D eigenvalue weighted by Gasteiger charge is 2.20. The maximum Gasteiger partial charge on any atom is 0.413 e. The lowest BCUT2D eigenvalue weighted by Gasteiger charge is -2.15. The van der Waals surface area contributed by atoms with E-state index in [1.54, 1.807) is 56.0 Å². The van der Waals surface area contributed by atoms with Gasteiger partial charge in [-0.15, -0.1) is 5.10 Å². The summed E-state index contributed by atoms with van der Waals surface area (Å²) in [5.41, 5.74) is 2.23. The van der Waals surface area contributed by atoms with E-state index >= 15 is 0 Å². The zero-order valence-corrected chi connectivity index (χ0v) is 19.2. The van der Waals surface area contributed by atoms with Crippen molar-refractivity contribution >= 4 is 35.1 Å². The Morgan fingerprint density at radius 3 is 2.62 bits per heavy atom. The number of halogens is 1. The molecule has 0 unspecified atom stereocenters. The minimum Gasteiger partial charge on any atom is -0.441 e. The number of anilines is 2. The molecular formula is C21H20ClN9O3. The lowest BCUT2D eigenvalue weighted by molar-refractivity contribution is 0.101. The molecule has 13 heteroatoms. The molecule has 0 saturated heterocycles. The predicted molar refractivity (Wildman–Crippen MR) is 123 cm³/mol. The topological polar surface area (TPSA) is 142 Å². The van der Waals surface area contributed by atoms with Crippen LogP contribution >= 0.6 is 11.6 Å². The van der Waals surface area contributed by atoms with Gasteiger partial charge in [0, 0.05) is 25.9 Å². The lowest BCUT2D eigenvalue weighted by Crippen LogP contribution is -2.18. The Morgan fingerprint density at radius 2 is 1.94 bits per heavy atom. The summed E-state index contributed by atoms with van der Waals surface area (Å²) in [6.07, 6.45) is 4.68. The van der Waals surface area contributed by atoms with Gasteiger partial charge in [0.25, 0.3) is 5.91 Å². The Hall–Kier alpha value is -4.32. The molecule has 0 aliphatic carbocycles. The summed E-state index contributed by atoms with van der Waals surface area (Å²) in [7, 11) is 3.35. The molecule has 174 valence electrons. The first kappa shape index (κ1) is 22.9. The summed E-state index contributed by atoms with van der Waals surface area (Å²) in [6, 6.07) is 6.75. The van der Waals surface area contributed by atoms with Crippen molar-refractivity contribution in [3.63, 3.8) is 0 Å². The summed E-state index contributed by atoms with van der Waals surface area (Å²) in [6.45, 7) is 1.69. The van der Waals surface area contributed by atoms with Crippen LogP contribution in [0.15, 0.2) is 49.2 Å². The van der Waals surface area contributed by atoms with E-state index in [9.17, 15) is 9.59 Å². The zero-order valence-electron chi connectivity index (χ0n) is 18.4. The second kappa shape index (κ2) is 9.67. The van der Waals surface area contributed by atoms with E-state index in [0.29, 0.717) is 28.3 Å². The molecule has 0 spiro atoms. The van der Waals surface area contributed by atoms with Gasteiger partial charge in [0.15, 0.2) is 11.5 Å². The molecule has 2 amide bonds. The minimum absolute atomic E-state index is 0.255. The summed E-state index contributed by atoms with van der Waals surface area (Å²) in [4.78, 5) is 37.1. The van der Waals surface area contributed by atoms with Gasteiger partial charge < -0.3 is 14.6 Å². The van der Waals surface area contributed by atoms with Crippen molar-refractivity contribution in [3.8, 4) is 11.4 Å². The largest absolute Gasteiger partial charge is 0.441 e. The number of nitrogens with zero attached hydrogens (tertiary/aromatic N) is 7. The predicted octanol–water partition coefficient (Wildman–Crippen LogP) is 3.22. The monoisotopic (exact) mass is 481 g/mol.